The fraction of sp³-hybridized carbons (Fsp3) is 0.541. The largest absolute Gasteiger partial charge is 0.491 e. The van der Waals surface area contributed by atoms with Gasteiger partial charge in [-0.15, -0.1) is 0 Å². The standard InChI is InChI=1S/C37H52N4O4.H2/c1-24(2)44-35(42)34(45-36(6,7)8)31-27(5)39-23-29(32(31)41-19-16-37(9,10)17-20-41)30-15-14-28(22-40-30)38-18-21-43-33-25(3)12-11-13-26(33)4;/h11-15,22-24,34,38H,16-21H2,1-10H3;1H/t34-;/m0./s1. The Kier molecular flexibility index (Phi) is 10.8. The second-order valence-corrected chi connectivity index (χ2v) is 14.2. The second-order valence-electron chi connectivity index (χ2n) is 14.2. The van der Waals surface area contributed by atoms with Crippen molar-refractivity contribution in [1.82, 2.24) is 9.97 Å². The molecule has 0 unspecified atom stereocenters. The van der Waals surface area contributed by atoms with Gasteiger partial charge >= 0.3 is 5.97 Å². The van der Waals surface area contributed by atoms with Crippen LogP contribution in [0.15, 0.2) is 42.7 Å². The minimum absolute atomic E-state index is 0. The quantitative estimate of drug-likeness (QED) is 0.170. The highest BCUT2D eigenvalue weighted by molar-refractivity contribution is 5.86. The molecule has 3 heterocycles. The number of benzene rings is 1. The third-order valence-electron chi connectivity index (χ3n) is 8.15. The first-order chi connectivity index (χ1) is 21.1. The molecule has 246 valence electrons. The van der Waals surface area contributed by atoms with Gasteiger partial charge in [0.05, 0.1) is 35.0 Å². The van der Waals surface area contributed by atoms with Gasteiger partial charge in [0.15, 0.2) is 6.10 Å². The predicted octanol–water partition coefficient (Wildman–Crippen LogP) is 8.24. The zero-order valence-corrected chi connectivity index (χ0v) is 28.9. The third-order valence-corrected chi connectivity index (χ3v) is 8.15. The van der Waals surface area contributed by atoms with Gasteiger partial charge in [0.25, 0.3) is 0 Å². The number of hydrogen-bond donors (Lipinski definition) is 1. The summed E-state index contributed by atoms with van der Waals surface area (Å²) in [5, 5.41) is 3.42. The molecule has 2 aromatic heterocycles. The maximum Gasteiger partial charge on any atom is 0.340 e. The number of aryl methyl sites for hydroxylation is 3. The first-order valence-corrected chi connectivity index (χ1v) is 16.2. The van der Waals surface area contributed by atoms with Gasteiger partial charge in [-0.05, 0) is 96.9 Å². The molecule has 8 heteroatoms. The van der Waals surface area contributed by atoms with E-state index in [2.05, 4.69) is 50.0 Å². The van der Waals surface area contributed by atoms with Crippen LogP contribution in [0.5, 0.6) is 5.75 Å². The van der Waals surface area contributed by atoms with Crippen molar-refractivity contribution in [1.29, 1.82) is 0 Å². The Hall–Kier alpha value is -3.65. The number of ether oxygens (including phenoxy) is 3. The van der Waals surface area contributed by atoms with Crippen molar-refractivity contribution in [2.24, 2.45) is 5.41 Å². The van der Waals surface area contributed by atoms with E-state index in [1.54, 1.807) is 0 Å². The number of rotatable bonds is 11. The van der Waals surface area contributed by atoms with E-state index < -0.39 is 17.7 Å². The van der Waals surface area contributed by atoms with Gasteiger partial charge in [0.2, 0.25) is 0 Å². The van der Waals surface area contributed by atoms with Crippen molar-refractivity contribution >= 4 is 17.3 Å². The van der Waals surface area contributed by atoms with Gasteiger partial charge in [-0.3, -0.25) is 9.97 Å². The molecule has 3 aromatic rings. The summed E-state index contributed by atoms with van der Waals surface area (Å²) in [6.45, 7) is 23.2. The molecule has 1 aromatic carbocycles. The number of nitrogens with zero attached hydrogens (tertiary/aromatic N) is 3. The fourth-order valence-corrected chi connectivity index (χ4v) is 5.69. The van der Waals surface area contributed by atoms with E-state index in [9.17, 15) is 4.79 Å². The van der Waals surface area contributed by atoms with Crippen molar-refractivity contribution in [3.05, 3.63) is 65.1 Å². The lowest BCUT2D eigenvalue weighted by Crippen LogP contribution is -2.39. The van der Waals surface area contributed by atoms with Crippen molar-refractivity contribution in [3.8, 4) is 17.0 Å². The first kappa shape index (κ1) is 34.2. The molecule has 1 atom stereocenters. The van der Waals surface area contributed by atoms with E-state index >= 15 is 0 Å². The van der Waals surface area contributed by atoms with Crippen molar-refractivity contribution in [2.75, 3.05) is 36.5 Å². The molecule has 0 amide bonds. The normalized spacial score (nSPS) is 15.6. The van der Waals surface area contributed by atoms with E-state index in [-0.39, 0.29) is 12.9 Å². The van der Waals surface area contributed by atoms with Gasteiger partial charge in [-0.2, -0.15) is 0 Å². The highest BCUT2D eigenvalue weighted by Gasteiger charge is 2.37. The van der Waals surface area contributed by atoms with Gasteiger partial charge in [-0.25, -0.2) is 4.79 Å². The van der Waals surface area contributed by atoms with Gasteiger partial charge in [0.1, 0.15) is 12.4 Å². The van der Waals surface area contributed by atoms with Gasteiger partial charge < -0.3 is 24.4 Å². The van der Waals surface area contributed by atoms with E-state index in [1.165, 1.54) is 0 Å². The minimum atomic E-state index is -0.928. The Morgan fingerprint density at radius 3 is 2.27 bits per heavy atom. The number of carbonyl (C=O) groups is 1. The molecule has 45 heavy (non-hydrogen) atoms. The molecule has 8 nitrogen and oxygen atoms in total. The molecule has 4 rings (SSSR count). The number of anilines is 2. The summed E-state index contributed by atoms with van der Waals surface area (Å²) < 4.78 is 18.3. The summed E-state index contributed by atoms with van der Waals surface area (Å²) in [6.07, 6.45) is 4.59. The molecule has 0 spiro atoms. The Labute approximate surface area is 271 Å². The molecule has 0 radical (unpaired) electrons. The zero-order valence-electron chi connectivity index (χ0n) is 28.9. The van der Waals surface area contributed by atoms with Crippen LogP contribution in [0, 0.1) is 26.2 Å². The SMILES string of the molecule is Cc1cccc(C)c1OCCNc1ccc(-c2cnc(C)c([C@H](OC(C)(C)C)C(=O)OC(C)C)c2N2CCC(C)(C)CC2)nc1.[HH]. The molecule has 1 aliphatic rings. The summed E-state index contributed by atoms with van der Waals surface area (Å²) in [5.74, 6) is 0.534. The predicted molar refractivity (Wildman–Crippen MR) is 184 cm³/mol. The van der Waals surface area contributed by atoms with Crippen LogP contribution in [0.4, 0.5) is 11.4 Å². The summed E-state index contributed by atoms with van der Waals surface area (Å²) in [7, 11) is 0. The van der Waals surface area contributed by atoms with Crippen LogP contribution in [-0.2, 0) is 14.3 Å². The van der Waals surface area contributed by atoms with Crippen molar-refractivity contribution in [3.63, 3.8) is 0 Å². The molecule has 1 saturated heterocycles. The second kappa shape index (κ2) is 14.2. The van der Waals surface area contributed by atoms with Crippen molar-refractivity contribution < 1.29 is 20.4 Å². The summed E-state index contributed by atoms with van der Waals surface area (Å²) in [5.41, 5.74) is 6.94. The van der Waals surface area contributed by atoms with Crippen LogP contribution < -0.4 is 15.0 Å². The van der Waals surface area contributed by atoms with Crippen LogP contribution in [0.1, 0.15) is 91.2 Å². The molecule has 1 fully saturated rings. The molecule has 0 bridgehead atoms. The first-order valence-electron chi connectivity index (χ1n) is 16.2. The number of hydrogen-bond acceptors (Lipinski definition) is 8. The Morgan fingerprint density at radius 1 is 1.02 bits per heavy atom. The van der Waals surface area contributed by atoms with Crippen LogP contribution in [0.2, 0.25) is 0 Å². The summed E-state index contributed by atoms with van der Waals surface area (Å²) in [4.78, 5) is 25.7. The lowest BCUT2D eigenvalue weighted by molar-refractivity contribution is -0.171. The van der Waals surface area contributed by atoms with Crippen LogP contribution in [0.25, 0.3) is 11.3 Å². The molecular weight excluding hydrogens is 564 g/mol. The number of piperidine rings is 1. The number of carbonyl (C=O) groups excluding carboxylic acids is 1. The average molecular weight is 619 g/mol. The number of esters is 1. The van der Waals surface area contributed by atoms with Gasteiger partial charge in [0, 0.05) is 44.1 Å². The monoisotopic (exact) mass is 618 g/mol. The molecule has 1 aliphatic heterocycles. The lowest BCUT2D eigenvalue weighted by atomic mass is 9.82. The Balaban J connectivity index is 0.00000576. The fourth-order valence-electron chi connectivity index (χ4n) is 5.69. The number of para-hydroxylation sites is 1. The molecule has 0 saturated carbocycles. The highest BCUT2D eigenvalue weighted by atomic mass is 16.6. The van der Waals surface area contributed by atoms with E-state index in [0.717, 1.165) is 76.7 Å². The van der Waals surface area contributed by atoms with E-state index in [0.29, 0.717) is 13.2 Å². The van der Waals surface area contributed by atoms with Crippen molar-refractivity contribution in [2.45, 2.75) is 99.9 Å². The maximum absolute atomic E-state index is 13.6. The minimum Gasteiger partial charge on any atom is -0.491 e. The number of nitrogens with one attached hydrogen (secondary N) is 1. The Bertz CT molecular complexity index is 1440. The summed E-state index contributed by atoms with van der Waals surface area (Å²) >= 11 is 0. The van der Waals surface area contributed by atoms with E-state index in [4.69, 9.17) is 24.2 Å². The van der Waals surface area contributed by atoms with E-state index in [1.807, 2.05) is 72.1 Å². The average Bonchev–Trinajstić information content (AvgIpc) is 2.95. The van der Waals surface area contributed by atoms with Crippen LogP contribution >= 0.6 is 0 Å². The highest BCUT2D eigenvalue weighted by Crippen LogP contribution is 2.43. The maximum atomic E-state index is 13.6. The smallest absolute Gasteiger partial charge is 0.340 e. The topological polar surface area (TPSA) is 85.8 Å². The zero-order chi connectivity index (χ0) is 32.9. The molecule has 0 aliphatic carbocycles. The van der Waals surface area contributed by atoms with Gasteiger partial charge in [-0.1, -0.05) is 32.0 Å². The molecule has 1 N–H and O–H groups in total. The third kappa shape index (κ3) is 8.97. The Morgan fingerprint density at radius 2 is 1.69 bits per heavy atom. The molecular formula is C37H54N4O4. The number of aromatic nitrogens is 2. The van der Waals surface area contributed by atoms with Crippen LogP contribution in [0.3, 0.4) is 0 Å². The summed E-state index contributed by atoms with van der Waals surface area (Å²) in [6, 6.07) is 10.2. The lowest BCUT2D eigenvalue weighted by Gasteiger charge is -2.41. The van der Waals surface area contributed by atoms with Crippen LogP contribution in [-0.4, -0.2) is 53.9 Å². The number of pyridine rings is 2.